The molecule has 0 N–H and O–H groups in total. The van der Waals surface area contributed by atoms with Gasteiger partial charge in [0, 0.05) is 32.3 Å². The standard InChI is InChI=1S/C50H30O.C46H28O.C40H24O/c1-2-12-32-25-37(22-21-31(32)11-1)49-40-17-7-9-19-42(40)50(43-20-10-8-18-41(43)49)38-26-35-15-5-6-16-39(35)44(29-38)36-23-24-47-45(28-36)46-27-33-13-3-4-14-34(33)30-48(46)51-47;1-2-12-29(13-3-1)45-36-18-8-10-20-38(36)46(39-21-11-9-19-37(39)45)34-24-32-16-6-7-17-35(32)40(27-34)33-22-23-43-41(26-33)42-25-30-14-4-5-15-31(30)28-44(42)47-43;1-2-12-27-24-38-36(22-26(27)11-1)35-23-28(20-21-37(35)41-38)39-31-15-5-7-17-33(31)40(34-18-8-6-16-32(34)39)30-19-9-13-25-10-3-4-14-29(25)30/h1-30H;1-28H;1-24H. The molecule has 0 fully saturated rings. The first kappa shape index (κ1) is 79.3. The van der Waals surface area contributed by atoms with Crippen LogP contribution < -0.4 is 0 Å². The second-order valence-corrected chi connectivity index (χ2v) is 37.0. The van der Waals surface area contributed by atoms with Gasteiger partial charge in [0.15, 0.2) is 0 Å². The van der Waals surface area contributed by atoms with Crippen LogP contribution in [0.15, 0.2) is 511 Å². The highest BCUT2D eigenvalue weighted by atomic mass is 16.3. The molecule has 0 aliphatic heterocycles. The monoisotopic (exact) mass is 1760 g/mol. The highest BCUT2D eigenvalue weighted by Gasteiger charge is 2.26. The van der Waals surface area contributed by atoms with Gasteiger partial charge in [-0.05, 0) is 332 Å². The molecule has 0 atom stereocenters. The molecule has 3 nitrogen and oxygen atoms in total. The third kappa shape index (κ3) is 13.2. The fraction of sp³-hybridized carbons (Fsp3) is 0. The van der Waals surface area contributed by atoms with Crippen molar-refractivity contribution in [3.05, 3.63) is 497 Å². The molecule has 0 saturated carbocycles. The van der Waals surface area contributed by atoms with E-state index < -0.39 is 0 Å². The molecule has 30 rings (SSSR count). The first-order valence-electron chi connectivity index (χ1n) is 47.9. The second kappa shape index (κ2) is 32.3. The Labute approximate surface area is 799 Å². The summed E-state index contributed by atoms with van der Waals surface area (Å²) in [6, 6.07) is 181. The Kier molecular flexibility index (Phi) is 18.4. The Bertz CT molecular complexity index is 10200. The SMILES string of the molecule is c1ccc(-c2c3ccccc3c(-c3cc(-c4ccc5oc6cc7ccccc7cc6c5c4)c4ccccc4c3)c3ccccc23)cc1.c1ccc2cc(-c3c4ccccc4c(-c4cc(-c5ccc6oc7cc8ccccc8cc7c6c5)c5ccccc5c4)c4ccccc34)ccc2c1.c1ccc2cc3c(cc2c1)oc1ccc(-c2c4ccccc4c(-c4cccc5ccccc45)c4ccccc24)cc13. The minimum atomic E-state index is 0.908. The van der Waals surface area contributed by atoms with Crippen molar-refractivity contribution in [3.63, 3.8) is 0 Å². The first-order valence-corrected chi connectivity index (χ1v) is 47.9. The number of hydrogen-bond acceptors (Lipinski definition) is 3. The highest BCUT2D eigenvalue weighted by molar-refractivity contribution is 6.28. The molecular formula is C136H82O3. The van der Waals surface area contributed by atoms with E-state index in [1.54, 1.807) is 0 Å². The van der Waals surface area contributed by atoms with Gasteiger partial charge in [-0.3, -0.25) is 0 Å². The van der Waals surface area contributed by atoms with Crippen molar-refractivity contribution in [1.82, 2.24) is 0 Å². The summed E-state index contributed by atoms with van der Waals surface area (Å²) in [5, 5.41) is 39.2. The smallest absolute Gasteiger partial charge is 0.136 e. The van der Waals surface area contributed by atoms with Crippen LogP contribution in [0.1, 0.15) is 0 Å². The number of rotatable bonds is 8. The predicted molar refractivity (Wildman–Crippen MR) is 592 cm³/mol. The van der Waals surface area contributed by atoms with E-state index in [1.165, 1.54) is 229 Å². The van der Waals surface area contributed by atoms with E-state index in [2.05, 4.69) is 497 Å². The Morgan fingerprint density at radius 1 is 0.0935 bits per heavy atom. The van der Waals surface area contributed by atoms with E-state index in [4.69, 9.17) is 13.3 Å². The van der Waals surface area contributed by atoms with Crippen LogP contribution in [0.5, 0.6) is 0 Å². The summed E-state index contributed by atoms with van der Waals surface area (Å²) in [6.07, 6.45) is 0. The van der Waals surface area contributed by atoms with Gasteiger partial charge in [0.1, 0.15) is 33.5 Å². The fourth-order valence-electron chi connectivity index (χ4n) is 22.9. The highest BCUT2D eigenvalue weighted by Crippen LogP contribution is 2.52. The number of hydrogen-bond donors (Lipinski definition) is 0. The van der Waals surface area contributed by atoms with Crippen LogP contribution in [0.2, 0.25) is 0 Å². The molecule has 0 aliphatic rings. The summed E-state index contributed by atoms with van der Waals surface area (Å²) in [5.74, 6) is 0. The van der Waals surface area contributed by atoms with Crippen molar-refractivity contribution in [2.24, 2.45) is 0 Å². The summed E-state index contributed by atoms with van der Waals surface area (Å²) >= 11 is 0. The van der Waals surface area contributed by atoms with Crippen LogP contribution in [0.3, 0.4) is 0 Å². The van der Waals surface area contributed by atoms with Gasteiger partial charge in [-0.1, -0.05) is 394 Å². The van der Waals surface area contributed by atoms with Crippen LogP contribution in [-0.2, 0) is 0 Å². The van der Waals surface area contributed by atoms with Crippen LogP contribution in [0.25, 0.3) is 295 Å². The Balaban J connectivity index is 0.000000103. The zero-order valence-corrected chi connectivity index (χ0v) is 75.6. The van der Waals surface area contributed by atoms with Crippen molar-refractivity contribution < 1.29 is 13.3 Å². The molecule has 0 bridgehead atoms. The Hall–Kier alpha value is -18.3. The topological polar surface area (TPSA) is 39.4 Å². The fourth-order valence-corrected chi connectivity index (χ4v) is 22.9. The molecule has 0 unspecified atom stereocenters. The number of fused-ring (bicyclic) bond motifs is 22. The average Bonchev–Trinajstić information content (AvgIpc) is 1.35. The minimum Gasteiger partial charge on any atom is -0.456 e. The zero-order chi connectivity index (χ0) is 91.3. The zero-order valence-electron chi connectivity index (χ0n) is 75.6. The quantitative estimate of drug-likeness (QED) is 0.142. The molecule has 139 heavy (non-hydrogen) atoms. The summed E-state index contributed by atoms with van der Waals surface area (Å²) in [7, 11) is 0. The van der Waals surface area contributed by atoms with Crippen molar-refractivity contribution in [2.75, 3.05) is 0 Å². The molecule has 3 aromatic heterocycles. The second-order valence-electron chi connectivity index (χ2n) is 37.0. The molecule has 644 valence electrons. The Morgan fingerprint density at radius 3 is 0.705 bits per heavy atom. The van der Waals surface area contributed by atoms with Gasteiger partial charge < -0.3 is 13.3 Å². The maximum Gasteiger partial charge on any atom is 0.136 e. The molecule has 0 amide bonds. The van der Waals surface area contributed by atoms with E-state index in [1.807, 2.05) is 0 Å². The van der Waals surface area contributed by atoms with Gasteiger partial charge in [0.25, 0.3) is 0 Å². The predicted octanol–water partition coefficient (Wildman–Crippen LogP) is 39.1. The van der Waals surface area contributed by atoms with Crippen molar-refractivity contribution in [3.8, 4) is 89.0 Å². The maximum absolute atomic E-state index is 6.40. The third-order valence-corrected chi connectivity index (χ3v) is 29.2. The molecule has 0 saturated heterocycles. The van der Waals surface area contributed by atoms with Gasteiger partial charge in [-0.25, -0.2) is 0 Å². The van der Waals surface area contributed by atoms with Crippen LogP contribution in [0, 0.1) is 0 Å². The molecule has 30 aromatic rings. The number of benzene rings is 27. The van der Waals surface area contributed by atoms with Crippen molar-refractivity contribution in [1.29, 1.82) is 0 Å². The largest absolute Gasteiger partial charge is 0.456 e. The molecule has 27 aromatic carbocycles. The third-order valence-electron chi connectivity index (χ3n) is 29.2. The summed E-state index contributed by atoms with van der Waals surface area (Å²) in [6.45, 7) is 0. The average molecular weight is 1760 g/mol. The van der Waals surface area contributed by atoms with E-state index >= 15 is 0 Å². The van der Waals surface area contributed by atoms with E-state index in [9.17, 15) is 0 Å². The molecular weight excluding hydrogens is 1680 g/mol. The molecule has 0 radical (unpaired) electrons. The number of furan rings is 3. The van der Waals surface area contributed by atoms with Crippen LogP contribution in [0.4, 0.5) is 0 Å². The van der Waals surface area contributed by atoms with E-state index in [-0.39, 0.29) is 0 Å². The minimum absolute atomic E-state index is 0.908. The van der Waals surface area contributed by atoms with Gasteiger partial charge in [0.05, 0.1) is 0 Å². The van der Waals surface area contributed by atoms with Gasteiger partial charge >= 0.3 is 0 Å². The van der Waals surface area contributed by atoms with Crippen LogP contribution in [-0.4, -0.2) is 0 Å². The van der Waals surface area contributed by atoms with Crippen molar-refractivity contribution in [2.45, 2.75) is 0 Å². The Morgan fingerprint density at radius 2 is 0.331 bits per heavy atom. The van der Waals surface area contributed by atoms with E-state index in [0.29, 0.717) is 0 Å². The first-order chi connectivity index (χ1) is 68.9. The van der Waals surface area contributed by atoms with Crippen LogP contribution >= 0.6 is 0 Å². The van der Waals surface area contributed by atoms with E-state index in [0.717, 1.165) is 65.8 Å². The van der Waals surface area contributed by atoms with Gasteiger partial charge in [-0.15, -0.1) is 0 Å². The summed E-state index contributed by atoms with van der Waals surface area (Å²) in [5.41, 5.74) is 25.3. The van der Waals surface area contributed by atoms with Crippen molar-refractivity contribution >= 4 is 206 Å². The molecule has 0 spiro atoms. The molecule has 3 heteroatoms. The molecule has 3 heterocycles. The van der Waals surface area contributed by atoms with Gasteiger partial charge in [-0.2, -0.15) is 0 Å². The lowest BCUT2D eigenvalue weighted by Gasteiger charge is -2.19. The molecule has 0 aliphatic carbocycles. The lowest BCUT2D eigenvalue weighted by atomic mass is 9.84. The summed E-state index contributed by atoms with van der Waals surface area (Å²) in [4.78, 5) is 0. The normalized spacial score (nSPS) is 11.9. The maximum atomic E-state index is 6.40. The lowest BCUT2D eigenvalue weighted by molar-refractivity contribution is 0.669. The van der Waals surface area contributed by atoms with Gasteiger partial charge in [0.2, 0.25) is 0 Å². The lowest BCUT2D eigenvalue weighted by Crippen LogP contribution is -1.92. The summed E-state index contributed by atoms with van der Waals surface area (Å²) < 4.78 is 19.1.